The van der Waals surface area contributed by atoms with E-state index in [0.29, 0.717) is 29.3 Å². The van der Waals surface area contributed by atoms with Gasteiger partial charge < -0.3 is 15.5 Å². The fourth-order valence-corrected chi connectivity index (χ4v) is 5.91. The van der Waals surface area contributed by atoms with Crippen LogP contribution in [0.4, 0.5) is 0 Å². The van der Waals surface area contributed by atoms with Crippen LogP contribution in [0.2, 0.25) is 0 Å². The Kier molecular flexibility index (Phi) is 9.70. The zero-order valence-corrected chi connectivity index (χ0v) is 22.3. The van der Waals surface area contributed by atoms with Gasteiger partial charge >= 0.3 is 0 Å². The molecule has 2 heterocycles. The molecule has 0 saturated carbocycles. The van der Waals surface area contributed by atoms with Crippen LogP contribution in [0.15, 0.2) is 23.8 Å². The Morgan fingerprint density at radius 3 is 2.47 bits per heavy atom. The number of halogens is 1. The molecule has 32 heavy (non-hydrogen) atoms. The van der Waals surface area contributed by atoms with Crippen molar-refractivity contribution in [1.29, 1.82) is 0 Å². The third-order valence-electron chi connectivity index (χ3n) is 7.81. The molecular formula is C27H49ClN4. The normalized spacial score (nSPS) is 30.3. The fraction of sp³-hybridized carbons (Fsp3) is 0.852. The summed E-state index contributed by atoms with van der Waals surface area (Å²) < 4.78 is 0. The molecule has 0 spiro atoms. The smallest absolute Gasteiger partial charge is 0.0553 e. The lowest BCUT2D eigenvalue weighted by Gasteiger charge is -2.46. The van der Waals surface area contributed by atoms with Gasteiger partial charge in [-0.3, -0.25) is 4.90 Å². The van der Waals surface area contributed by atoms with Gasteiger partial charge in [0, 0.05) is 38.4 Å². The molecule has 4 nitrogen and oxygen atoms in total. The highest BCUT2D eigenvalue weighted by Gasteiger charge is 2.38. The van der Waals surface area contributed by atoms with Crippen LogP contribution in [-0.2, 0) is 0 Å². The van der Waals surface area contributed by atoms with E-state index in [-0.39, 0.29) is 5.38 Å². The minimum Gasteiger partial charge on any atom is -0.312 e. The van der Waals surface area contributed by atoms with Crippen LogP contribution < -0.4 is 10.6 Å². The first-order valence-corrected chi connectivity index (χ1v) is 13.5. The average Bonchev–Trinajstić information content (AvgIpc) is 3.17. The topological polar surface area (TPSA) is 30.5 Å². The number of nitrogens with one attached hydrogen (secondary N) is 2. The summed E-state index contributed by atoms with van der Waals surface area (Å²) in [5.41, 5.74) is 1.81. The van der Waals surface area contributed by atoms with Crippen molar-refractivity contribution in [3.63, 3.8) is 0 Å². The monoisotopic (exact) mass is 464 g/mol. The van der Waals surface area contributed by atoms with Crippen molar-refractivity contribution in [3.8, 4) is 0 Å². The molecular weight excluding hydrogens is 416 g/mol. The van der Waals surface area contributed by atoms with Crippen molar-refractivity contribution in [2.24, 2.45) is 23.2 Å². The van der Waals surface area contributed by atoms with Gasteiger partial charge in [-0.25, -0.2) is 0 Å². The molecule has 0 radical (unpaired) electrons. The van der Waals surface area contributed by atoms with Gasteiger partial charge in [0.25, 0.3) is 0 Å². The van der Waals surface area contributed by atoms with Crippen LogP contribution >= 0.6 is 11.6 Å². The molecule has 2 aliphatic heterocycles. The maximum absolute atomic E-state index is 6.26. The van der Waals surface area contributed by atoms with Crippen LogP contribution in [-0.4, -0.2) is 73.2 Å². The number of likely N-dealkylation sites (tertiary alicyclic amines) is 2. The second-order valence-corrected chi connectivity index (χ2v) is 12.4. The van der Waals surface area contributed by atoms with Crippen molar-refractivity contribution in [3.05, 3.63) is 23.8 Å². The van der Waals surface area contributed by atoms with Gasteiger partial charge in [-0.05, 0) is 81.5 Å². The predicted octanol–water partition coefficient (Wildman–Crippen LogP) is 4.72. The number of hydrogen-bond acceptors (Lipinski definition) is 4. The molecule has 1 aliphatic carbocycles. The summed E-state index contributed by atoms with van der Waals surface area (Å²) in [6.45, 7) is 22.3. The van der Waals surface area contributed by atoms with Crippen LogP contribution in [0, 0.1) is 23.2 Å². The molecule has 0 bridgehead atoms. The van der Waals surface area contributed by atoms with Gasteiger partial charge in [-0.1, -0.05) is 45.9 Å². The van der Waals surface area contributed by atoms with Gasteiger partial charge in [-0.15, -0.1) is 11.6 Å². The van der Waals surface area contributed by atoms with E-state index in [1.165, 1.54) is 44.6 Å². The molecule has 0 aromatic carbocycles. The van der Waals surface area contributed by atoms with Crippen LogP contribution in [0.1, 0.15) is 60.8 Å². The molecule has 1 unspecified atom stereocenters. The maximum Gasteiger partial charge on any atom is 0.0553 e. The van der Waals surface area contributed by atoms with Crippen molar-refractivity contribution in [2.45, 2.75) is 78.3 Å². The van der Waals surface area contributed by atoms with Crippen molar-refractivity contribution >= 4 is 11.6 Å². The van der Waals surface area contributed by atoms with E-state index in [1.807, 2.05) is 0 Å². The van der Waals surface area contributed by atoms with E-state index in [2.05, 4.69) is 80.2 Å². The van der Waals surface area contributed by atoms with E-state index in [1.54, 1.807) is 0 Å². The number of hydrogen-bond donors (Lipinski definition) is 2. The number of alkyl halides is 1. The summed E-state index contributed by atoms with van der Waals surface area (Å²) in [5.74, 6) is 2.08. The Balaban J connectivity index is 1.47. The average molecular weight is 465 g/mol. The van der Waals surface area contributed by atoms with Crippen LogP contribution in [0.3, 0.4) is 0 Å². The van der Waals surface area contributed by atoms with Gasteiger partial charge in [-0.2, -0.15) is 0 Å². The van der Waals surface area contributed by atoms with Gasteiger partial charge in [0.1, 0.15) is 0 Å². The number of piperidine rings is 1. The van der Waals surface area contributed by atoms with Gasteiger partial charge in [0.05, 0.1) is 5.38 Å². The molecule has 3 aliphatic rings. The van der Waals surface area contributed by atoms with E-state index < -0.39 is 0 Å². The first-order chi connectivity index (χ1) is 15.1. The Hall–Kier alpha value is -0.390. The van der Waals surface area contributed by atoms with E-state index >= 15 is 0 Å². The highest BCUT2D eigenvalue weighted by molar-refractivity contribution is 6.22. The van der Waals surface area contributed by atoms with Crippen molar-refractivity contribution in [1.82, 2.24) is 20.4 Å². The lowest BCUT2D eigenvalue weighted by atomic mass is 9.69. The first-order valence-electron chi connectivity index (χ1n) is 13.1. The molecule has 184 valence electrons. The third kappa shape index (κ3) is 7.56. The highest BCUT2D eigenvalue weighted by Crippen LogP contribution is 2.41. The summed E-state index contributed by atoms with van der Waals surface area (Å²) in [6.07, 6.45) is 10.4. The summed E-state index contributed by atoms with van der Waals surface area (Å²) >= 11 is 6.26. The molecule has 2 saturated heterocycles. The molecule has 0 aromatic heterocycles. The fourth-order valence-electron chi connectivity index (χ4n) is 5.75. The molecule has 0 amide bonds. The first kappa shape index (κ1) is 26.2. The summed E-state index contributed by atoms with van der Waals surface area (Å²) in [5, 5.41) is 7.72. The number of rotatable bonds is 10. The molecule has 5 heteroatoms. The molecule has 2 N–H and O–H groups in total. The second kappa shape index (κ2) is 11.8. The predicted molar refractivity (Wildman–Crippen MR) is 139 cm³/mol. The Labute approximate surface area is 203 Å². The zero-order chi connectivity index (χ0) is 23.3. The Morgan fingerprint density at radius 1 is 1.09 bits per heavy atom. The molecule has 2 fully saturated rings. The second-order valence-electron chi connectivity index (χ2n) is 11.9. The summed E-state index contributed by atoms with van der Waals surface area (Å²) in [4.78, 5) is 5.30. The van der Waals surface area contributed by atoms with Gasteiger partial charge in [0.2, 0.25) is 0 Å². The lowest BCUT2D eigenvalue weighted by Crippen LogP contribution is -2.52. The van der Waals surface area contributed by atoms with E-state index in [0.717, 1.165) is 32.1 Å². The molecule has 0 aromatic rings. The highest BCUT2D eigenvalue weighted by atomic mass is 35.5. The van der Waals surface area contributed by atoms with Crippen molar-refractivity contribution in [2.75, 3.05) is 45.9 Å². The minimum atomic E-state index is 0.179. The van der Waals surface area contributed by atoms with E-state index in [4.69, 9.17) is 11.6 Å². The SMILES string of the molecule is CC(C)NCN1CC[C@@H](CN[C@@H](CN2CC[C@H](C3=CCC(Cl)C=C3)C(C)(C)C2)C(C)C)C1. The van der Waals surface area contributed by atoms with Gasteiger partial charge in [0.15, 0.2) is 0 Å². The lowest BCUT2D eigenvalue weighted by molar-refractivity contribution is 0.0627. The van der Waals surface area contributed by atoms with E-state index in [9.17, 15) is 0 Å². The van der Waals surface area contributed by atoms with Crippen LogP contribution in [0.5, 0.6) is 0 Å². The summed E-state index contributed by atoms with van der Waals surface area (Å²) in [7, 11) is 0. The zero-order valence-electron chi connectivity index (χ0n) is 21.5. The minimum absolute atomic E-state index is 0.179. The number of nitrogens with zero attached hydrogens (tertiary/aromatic N) is 2. The Bertz CT molecular complexity index is 642. The quantitative estimate of drug-likeness (QED) is 0.458. The number of allylic oxidation sites excluding steroid dienone is 4. The maximum atomic E-state index is 6.26. The molecule has 3 rings (SSSR count). The van der Waals surface area contributed by atoms with Crippen LogP contribution in [0.25, 0.3) is 0 Å². The Morgan fingerprint density at radius 2 is 1.84 bits per heavy atom. The summed E-state index contributed by atoms with van der Waals surface area (Å²) in [6, 6.07) is 1.13. The third-order valence-corrected chi connectivity index (χ3v) is 8.13. The standard InChI is InChI=1S/C27H49ClN4/c1-20(2)26(29-15-22-11-13-32(16-22)19-30-21(3)4)17-31-14-12-25(27(5,6)18-31)23-7-9-24(28)10-8-23/h7-9,20-22,24-26,29-30H,10-19H2,1-6H3/t22-,24?,25+,26-/m0/s1. The van der Waals surface area contributed by atoms with Crippen molar-refractivity contribution < 1.29 is 0 Å². The largest absolute Gasteiger partial charge is 0.312 e. The molecule has 4 atom stereocenters.